The van der Waals surface area contributed by atoms with E-state index in [1.807, 2.05) is 20.8 Å². The van der Waals surface area contributed by atoms with Crippen molar-refractivity contribution in [3.05, 3.63) is 21.5 Å². The number of hydrogen-bond donors (Lipinski definition) is 1. The largest absolute Gasteiger partial charge is 0.335 e. The van der Waals surface area contributed by atoms with Crippen LogP contribution in [0.3, 0.4) is 0 Å². The van der Waals surface area contributed by atoms with E-state index in [-0.39, 0.29) is 17.3 Å². The maximum Gasteiger partial charge on any atom is 0.323 e. The number of amides is 1. The second-order valence-electron chi connectivity index (χ2n) is 6.22. The Bertz CT molecular complexity index is 567. The molecule has 21 heavy (non-hydrogen) atoms. The van der Waals surface area contributed by atoms with Crippen LogP contribution in [0.2, 0.25) is 0 Å². The molecule has 0 radical (unpaired) electrons. The summed E-state index contributed by atoms with van der Waals surface area (Å²) in [6.07, 6.45) is 0. The Morgan fingerprint density at radius 3 is 2.38 bits per heavy atom. The number of rotatable bonds is 2. The molecule has 2 rings (SSSR count). The number of hydrogen-bond acceptors (Lipinski definition) is 5. The highest BCUT2D eigenvalue weighted by molar-refractivity contribution is 5.97. The van der Waals surface area contributed by atoms with Crippen molar-refractivity contribution in [2.45, 2.75) is 26.2 Å². The van der Waals surface area contributed by atoms with Crippen LogP contribution in [0.4, 0.5) is 5.69 Å². The number of aryl methyl sites for hydroxylation is 1. The second kappa shape index (κ2) is 5.44. The fourth-order valence-corrected chi connectivity index (χ4v) is 2.45. The quantitative estimate of drug-likeness (QED) is 0.639. The molecular weight excluding hydrogens is 274 g/mol. The Morgan fingerprint density at radius 1 is 1.33 bits per heavy atom. The minimum atomic E-state index is -0.498. The second-order valence-corrected chi connectivity index (χ2v) is 6.22. The van der Waals surface area contributed by atoms with E-state index < -0.39 is 10.3 Å². The molecule has 1 aliphatic rings. The summed E-state index contributed by atoms with van der Waals surface area (Å²) < 4.78 is 1.34. The van der Waals surface area contributed by atoms with Gasteiger partial charge in [0.05, 0.1) is 4.92 Å². The van der Waals surface area contributed by atoms with Crippen molar-refractivity contribution < 1.29 is 9.72 Å². The van der Waals surface area contributed by atoms with E-state index in [0.29, 0.717) is 31.9 Å². The van der Waals surface area contributed by atoms with Gasteiger partial charge in [-0.3, -0.25) is 19.6 Å². The maximum absolute atomic E-state index is 12.6. The SMILES string of the molecule is Cn1nc(C(C)(C)C)c([N+](=O)[O-])c1C(=O)N1CCNCC1. The zero-order valence-corrected chi connectivity index (χ0v) is 12.8. The minimum Gasteiger partial charge on any atom is -0.335 e. The van der Waals surface area contributed by atoms with Gasteiger partial charge in [0.1, 0.15) is 5.69 Å². The Hall–Kier alpha value is -1.96. The van der Waals surface area contributed by atoms with Gasteiger partial charge in [-0.1, -0.05) is 20.8 Å². The third kappa shape index (κ3) is 2.90. The summed E-state index contributed by atoms with van der Waals surface area (Å²) in [5.74, 6) is -0.325. The Kier molecular flexibility index (Phi) is 3.99. The van der Waals surface area contributed by atoms with Crippen molar-refractivity contribution in [3.63, 3.8) is 0 Å². The van der Waals surface area contributed by atoms with Gasteiger partial charge in [0.15, 0.2) is 0 Å². The topological polar surface area (TPSA) is 93.3 Å². The lowest BCUT2D eigenvalue weighted by Crippen LogP contribution is -2.47. The van der Waals surface area contributed by atoms with E-state index in [2.05, 4.69) is 10.4 Å². The van der Waals surface area contributed by atoms with Crippen molar-refractivity contribution in [2.75, 3.05) is 26.2 Å². The van der Waals surface area contributed by atoms with Gasteiger partial charge in [-0.15, -0.1) is 0 Å². The lowest BCUT2D eigenvalue weighted by atomic mass is 9.91. The number of nitro groups is 1. The molecule has 1 amide bonds. The molecule has 1 N–H and O–H groups in total. The Morgan fingerprint density at radius 2 is 1.90 bits per heavy atom. The van der Waals surface area contributed by atoms with Crippen LogP contribution in [0.1, 0.15) is 37.0 Å². The molecular formula is C13H21N5O3. The molecule has 116 valence electrons. The van der Waals surface area contributed by atoms with Crippen molar-refractivity contribution >= 4 is 11.6 Å². The predicted octanol–water partition coefficient (Wildman–Crippen LogP) is 0.671. The molecule has 0 spiro atoms. The first-order valence-electron chi connectivity index (χ1n) is 6.95. The highest BCUT2D eigenvalue weighted by atomic mass is 16.6. The maximum atomic E-state index is 12.6. The fraction of sp³-hybridized carbons (Fsp3) is 0.692. The Labute approximate surface area is 123 Å². The average Bonchev–Trinajstić information content (AvgIpc) is 2.76. The van der Waals surface area contributed by atoms with Crippen LogP contribution in [0, 0.1) is 10.1 Å². The number of aromatic nitrogens is 2. The predicted molar refractivity (Wildman–Crippen MR) is 77.3 cm³/mol. The van der Waals surface area contributed by atoms with Crippen LogP contribution in [0.5, 0.6) is 0 Å². The smallest absolute Gasteiger partial charge is 0.323 e. The Balaban J connectivity index is 2.50. The van der Waals surface area contributed by atoms with Gasteiger partial charge < -0.3 is 10.2 Å². The number of nitrogens with one attached hydrogen (secondary N) is 1. The molecule has 8 heteroatoms. The van der Waals surface area contributed by atoms with E-state index >= 15 is 0 Å². The monoisotopic (exact) mass is 295 g/mol. The first-order chi connectivity index (χ1) is 9.73. The van der Waals surface area contributed by atoms with Crippen LogP contribution < -0.4 is 5.32 Å². The van der Waals surface area contributed by atoms with Crippen LogP contribution >= 0.6 is 0 Å². The minimum absolute atomic E-state index is 0.0619. The third-order valence-corrected chi connectivity index (χ3v) is 3.52. The summed E-state index contributed by atoms with van der Waals surface area (Å²) in [6.45, 7) is 8.04. The van der Waals surface area contributed by atoms with Crippen molar-refractivity contribution in [1.82, 2.24) is 20.0 Å². The molecule has 2 heterocycles. The van der Waals surface area contributed by atoms with Crippen molar-refractivity contribution in [3.8, 4) is 0 Å². The number of carbonyl (C=O) groups is 1. The molecule has 0 saturated carbocycles. The van der Waals surface area contributed by atoms with Crippen molar-refractivity contribution in [2.24, 2.45) is 7.05 Å². The zero-order valence-electron chi connectivity index (χ0n) is 12.8. The molecule has 0 atom stereocenters. The van der Waals surface area contributed by atoms with Crippen molar-refractivity contribution in [1.29, 1.82) is 0 Å². The van der Waals surface area contributed by atoms with E-state index in [0.717, 1.165) is 0 Å². The summed E-state index contributed by atoms with van der Waals surface area (Å²) in [7, 11) is 1.58. The summed E-state index contributed by atoms with van der Waals surface area (Å²) in [5, 5.41) is 18.8. The van der Waals surface area contributed by atoms with Gasteiger partial charge in [0.25, 0.3) is 5.91 Å². The summed E-state index contributed by atoms with van der Waals surface area (Å²) >= 11 is 0. The molecule has 1 aliphatic heterocycles. The van der Waals surface area contributed by atoms with Gasteiger partial charge in [-0.25, -0.2) is 0 Å². The molecule has 1 saturated heterocycles. The molecule has 1 fully saturated rings. The molecule has 0 unspecified atom stereocenters. The zero-order chi connectivity index (χ0) is 15.8. The molecule has 1 aromatic heterocycles. The number of nitrogens with zero attached hydrogens (tertiary/aromatic N) is 4. The van der Waals surface area contributed by atoms with E-state index in [9.17, 15) is 14.9 Å². The number of carbonyl (C=O) groups excluding carboxylic acids is 1. The van der Waals surface area contributed by atoms with Crippen LogP contribution in [0.15, 0.2) is 0 Å². The average molecular weight is 295 g/mol. The molecule has 0 aromatic carbocycles. The molecule has 0 bridgehead atoms. The summed E-state index contributed by atoms with van der Waals surface area (Å²) in [6, 6.07) is 0. The molecule has 8 nitrogen and oxygen atoms in total. The van der Waals surface area contributed by atoms with Gasteiger partial charge >= 0.3 is 5.69 Å². The first kappa shape index (κ1) is 15.4. The highest BCUT2D eigenvalue weighted by Crippen LogP contribution is 2.33. The van der Waals surface area contributed by atoms with Crippen LogP contribution in [-0.2, 0) is 12.5 Å². The lowest BCUT2D eigenvalue weighted by molar-refractivity contribution is -0.386. The van der Waals surface area contributed by atoms with Gasteiger partial charge in [0, 0.05) is 38.6 Å². The summed E-state index contributed by atoms with van der Waals surface area (Å²) in [5.41, 5.74) is -0.267. The number of piperazine rings is 1. The molecule has 1 aromatic rings. The molecule has 0 aliphatic carbocycles. The van der Waals surface area contributed by atoms with Gasteiger partial charge in [-0.05, 0) is 0 Å². The van der Waals surface area contributed by atoms with Gasteiger partial charge in [-0.2, -0.15) is 5.10 Å². The third-order valence-electron chi connectivity index (χ3n) is 3.52. The van der Waals surface area contributed by atoms with E-state index in [4.69, 9.17) is 0 Å². The van der Waals surface area contributed by atoms with Crippen LogP contribution in [-0.4, -0.2) is 51.7 Å². The highest BCUT2D eigenvalue weighted by Gasteiger charge is 2.38. The first-order valence-corrected chi connectivity index (χ1v) is 6.95. The standard InChI is InChI=1S/C13H21N5O3/c1-13(2,3)11-9(18(20)21)10(16(4)15-11)12(19)17-7-5-14-6-8-17/h14H,5-8H2,1-4H3. The fourth-order valence-electron chi connectivity index (χ4n) is 2.45. The lowest BCUT2D eigenvalue weighted by Gasteiger charge is -2.27. The normalized spacial score (nSPS) is 16.1. The van der Waals surface area contributed by atoms with E-state index in [1.165, 1.54) is 4.68 Å². The van der Waals surface area contributed by atoms with E-state index in [1.54, 1.807) is 11.9 Å². The van der Waals surface area contributed by atoms with Gasteiger partial charge in [0.2, 0.25) is 5.69 Å². The van der Waals surface area contributed by atoms with Crippen LogP contribution in [0.25, 0.3) is 0 Å². The summed E-state index contributed by atoms with van der Waals surface area (Å²) in [4.78, 5) is 25.2.